The fourth-order valence-electron chi connectivity index (χ4n) is 13.6. The fourth-order valence-corrected chi connectivity index (χ4v) is 14.4. The van der Waals surface area contributed by atoms with Gasteiger partial charge in [-0.1, -0.05) is 194 Å². The van der Waals surface area contributed by atoms with E-state index in [0.717, 1.165) is 145 Å². The molecule has 1 amide bonds. The maximum atomic E-state index is 13.4. The molecule has 75 heavy (non-hydrogen) atoms. The second-order valence-electron chi connectivity index (χ2n) is 25.8. The lowest BCUT2D eigenvalue weighted by Crippen LogP contribution is -2.46. The number of rotatable bonds is 38. The molecule has 4 aliphatic carbocycles. The Labute approximate surface area is 469 Å². The zero-order valence-corrected chi connectivity index (χ0v) is 52.0. The Balaban J connectivity index is 0.00000170. The highest BCUT2D eigenvalue weighted by molar-refractivity contribution is 8.13. The highest BCUT2D eigenvalue weighted by Gasteiger charge is 2.56. The van der Waals surface area contributed by atoms with E-state index in [2.05, 4.69) is 111 Å². The normalized spacial score (nSPS) is 23.4. The summed E-state index contributed by atoms with van der Waals surface area (Å²) < 4.78 is 12.7. The predicted molar refractivity (Wildman–Crippen MR) is 326 cm³/mol. The first-order valence-corrected chi connectivity index (χ1v) is 32.9. The molecule has 0 aromatic heterocycles. The number of hydrogen-bond acceptors (Lipinski definition) is 6. The van der Waals surface area contributed by atoms with E-state index in [1.165, 1.54) is 133 Å². The van der Waals surface area contributed by atoms with Crippen LogP contribution in [0.5, 0.6) is 0 Å². The van der Waals surface area contributed by atoms with E-state index in [0.29, 0.717) is 29.8 Å². The number of nitrogens with zero attached hydrogens (tertiary/aromatic N) is 2. The van der Waals surface area contributed by atoms with Gasteiger partial charge in [0.1, 0.15) is 6.10 Å². The van der Waals surface area contributed by atoms with E-state index in [1.54, 1.807) is 5.57 Å². The summed E-state index contributed by atoms with van der Waals surface area (Å²) in [5.74, 6) is 8.89. The van der Waals surface area contributed by atoms with Crippen molar-refractivity contribution in [2.24, 2.45) is 46.3 Å². The molecule has 0 aromatic rings. The molecular formula is C68H120N2O4S. The monoisotopic (exact) mass is 1060 g/mol. The van der Waals surface area contributed by atoms with E-state index in [9.17, 15) is 9.59 Å². The van der Waals surface area contributed by atoms with E-state index < -0.39 is 0 Å². The molecular weight excluding hydrogens is 941 g/mol. The molecule has 0 aliphatic heterocycles. The SMILES string of the molecule is C#CCC(C)C(C)C.C=C(CCCCCCN(CCCCCCC(=O)OC1CCC2(C)C(=CC=C3C2CCC2(C)C3CCC2C(C)C)C1)C(=O)SCCCN(C)C)OC(CCCCCCCC)CCCCCCCC. The number of carbonyl (C=O) groups is 2. The molecule has 0 radical (unpaired) electrons. The van der Waals surface area contributed by atoms with Gasteiger partial charge >= 0.3 is 5.97 Å². The molecule has 0 saturated heterocycles. The molecule has 0 spiro atoms. The Morgan fingerprint density at radius 2 is 1.31 bits per heavy atom. The van der Waals surface area contributed by atoms with Crippen molar-refractivity contribution < 1.29 is 19.1 Å². The van der Waals surface area contributed by atoms with E-state index in [-0.39, 0.29) is 22.7 Å². The lowest BCUT2D eigenvalue weighted by atomic mass is 9.50. The molecule has 0 bridgehead atoms. The van der Waals surface area contributed by atoms with Crippen LogP contribution in [0.25, 0.3) is 0 Å². The van der Waals surface area contributed by atoms with Crippen LogP contribution in [-0.4, -0.2) is 72.7 Å². The summed E-state index contributed by atoms with van der Waals surface area (Å²) in [7, 11) is 4.19. The van der Waals surface area contributed by atoms with Crippen molar-refractivity contribution in [3.63, 3.8) is 0 Å². The highest BCUT2D eigenvalue weighted by Crippen LogP contribution is 2.66. The first-order valence-electron chi connectivity index (χ1n) is 31.9. The highest BCUT2D eigenvalue weighted by atomic mass is 32.2. The fraction of sp³-hybridized carbons (Fsp3) is 0.853. The summed E-state index contributed by atoms with van der Waals surface area (Å²) >= 11 is 1.49. The van der Waals surface area contributed by atoms with Crippen molar-refractivity contribution in [3.05, 3.63) is 35.6 Å². The topological polar surface area (TPSA) is 59.1 Å². The average Bonchev–Trinajstić information content (AvgIpc) is 3.74. The van der Waals surface area contributed by atoms with Crippen molar-refractivity contribution in [2.45, 2.75) is 286 Å². The van der Waals surface area contributed by atoms with Crippen LogP contribution < -0.4 is 0 Å². The van der Waals surface area contributed by atoms with Gasteiger partial charge in [0.15, 0.2) is 0 Å². The van der Waals surface area contributed by atoms with Gasteiger partial charge in [0, 0.05) is 44.5 Å². The van der Waals surface area contributed by atoms with Crippen LogP contribution in [0.4, 0.5) is 4.79 Å². The van der Waals surface area contributed by atoms with Gasteiger partial charge in [0.25, 0.3) is 5.24 Å². The second-order valence-corrected chi connectivity index (χ2v) is 26.9. The lowest BCUT2D eigenvalue weighted by Gasteiger charge is -2.55. The van der Waals surface area contributed by atoms with Gasteiger partial charge in [-0.15, -0.1) is 12.3 Å². The van der Waals surface area contributed by atoms with Crippen molar-refractivity contribution in [1.29, 1.82) is 0 Å². The van der Waals surface area contributed by atoms with Gasteiger partial charge in [0.05, 0.1) is 11.9 Å². The number of hydrogen-bond donors (Lipinski definition) is 0. The maximum Gasteiger partial charge on any atom is 0.306 e. The number of fused-ring (bicyclic) bond motifs is 5. The summed E-state index contributed by atoms with van der Waals surface area (Å²) in [6.07, 6.45) is 48.8. The lowest BCUT2D eigenvalue weighted by molar-refractivity contribution is -0.151. The van der Waals surface area contributed by atoms with Gasteiger partial charge in [-0.05, 0) is 163 Å². The molecule has 7 atom stereocenters. The van der Waals surface area contributed by atoms with Gasteiger partial charge in [0.2, 0.25) is 0 Å². The average molecular weight is 1060 g/mol. The molecule has 0 aromatic carbocycles. The minimum Gasteiger partial charge on any atom is -0.495 e. The minimum absolute atomic E-state index is 0.0150. The molecule has 7 unspecified atom stereocenters. The molecule has 3 fully saturated rings. The number of terminal acetylenes is 1. The number of allylic oxidation sites excluding steroid dienone is 4. The quantitative estimate of drug-likeness (QED) is 0.0266. The second kappa shape index (κ2) is 37.7. The number of carbonyl (C=O) groups excluding carboxylic acids is 2. The van der Waals surface area contributed by atoms with Crippen LogP contribution in [0.2, 0.25) is 0 Å². The third-order valence-corrected chi connectivity index (χ3v) is 19.8. The summed E-state index contributed by atoms with van der Waals surface area (Å²) in [4.78, 5) is 30.9. The molecule has 0 N–H and O–H groups in total. The molecule has 7 heteroatoms. The molecule has 4 aliphatic rings. The Bertz CT molecular complexity index is 1680. The number of ether oxygens (including phenoxy) is 2. The van der Waals surface area contributed by atoms with Gasteiger partial charge in [-0.25, -0.2) is 0 Å². The van der Waals surface area contributed by atoms with Crippen LogP contribution in [0, 0.1) is 58.7 Å². The standard InChI is InChI=1S/C60H106N2O4S.C8H14/c1-10-12-14-16-18-25-32-51(33-26-19-17-15-13-11-2)65-49(5)31-24-20-22-28-44-62(58(64)67-46-30-43-61(8)9)45-29-23-21-27-34-57(63)66-52-39-41-59(6)50(47-52)35-36-53-55-38-37-54(48(3)4)60(55,7)42-40-56(53)59;1-5-6-8(4)7(2)3/h35-36,48,51-52,54-56H,5,10-34,37-47H2,1-4,6-9H3;1,7-8H,6H2,2-4H3. The van der Waals surface area contributed by atoms with Crippen LogP contribution in [0.15, 0.2) is 35.6 Å². The largest absolute Gasteiger partial charge is 0.495 e. The Morgan fingerprint density at radius 1 is 0.720 bits per heavy atom. The molecule has 3 saturated carbocycles. The Kier molecular flexibility index (Phi) is 33.7. The van der Waals surface area contributed by atoms with Gasteiger partial charge < -0.3 is 19.3 Å². The Morgan fingerprint density at radius 3 is 1.88 bits per heavy atom. The van der Waals surface area contributed by atoms with Crippen LogP contribution >= 0.6 is 11.8 Å². The van der Waals surface area contributed by atoms with Crippen LogP contribution in [0.3, 0.4) is 0 Å². The minimum atomic E-state index is -0.0254. The smallest absolute Gasteiger partial charge is 0.306 e. The summed E-state index contributed by atoms with van der Waals surface area (Å²) in [5, 5.41) is 0.231. The van der Waals surface area contributed by atoms with E-state index in [4.69, 9.17) is 15.9 Å². The van der Waals surface area contributed by atoms with E-state index in [1.807, 2.05) is 0 Å². The van der Waals surface area contributed by atoms with Crippen molar-refractivity contribution in [3.8, 4) is 12.3 Å². The zero-order valence-electron chi connectivity index (χ0n) is 51.2. The molecule has 432 valence electrons. The van der Waals surface area contributed by atoms with Gasteiger partial charge in [-0.2, -0.15) is 0 Å². The summed E-state index contributed by atoms with van der Waals surface area (Å²) in [6.45, 7) is 28.2. The number of amides is 1. The van der Waals surface area contributed by atoms with Crippen molar-refractivity contribution in [1.82, 2.24) is 9.80 Å². The van der Waals surface area contributed by atoms with Crippen molar-refractivity contribution in [2.75, 3.05) is 39.5 Å². The predicted octanol–water partition coefficient (Wildman–Crippen LogP) is 19.8. The third kappa shape index (κ3) is 24.4. The van der Waals surface area contributed by atoms with E-state index >= 15 is 0 Å². The van der Waals surface area contributed by atoms with Crippen LogP contribution in [-0.2, 0) is 14.3 Å². The third-order valence-electron chi connectivity index (χ3n) is 18.8. The zero-order chi connectivity index (χ0) is 55.1. The van der Waals surface area contributed by atoms with Crippen LogP contribution in [0.1, 0.15) is 274 Å². The Hall–Kier alpha value is -2.17. The molecule has 4 rings (SSSR count). The van der Waals surface area contributed by atoms with Crippen molar-refractivity contribution >= 4 is 23.0 Å². The first kappa shape index (κ1) is 67.1. The summed E-state index contributed by atoms with van der Waals surface area (Å²) in [6, 6.07) is 0. The molecule has 0 heterocycles. The summed E-state index contributed by atoms with van der Waals surface area (Å²) in [5.41, 5.74) is 3.96. The molecule has 6 nitrogen and oxygen atoms in total. The number of thioether (sulfide) groups is 1. The number of esters is 1. The first-order chi connectivity index (χ1) is 36.0. The van der Waals surface area contributed by atoms with Gasteiger partial charge in [-0.3, -0.25) is 9.59 Å². The maximum absolute atomic E-state index is 13.4. The number of unbranched alkanes of at least 4 members (excludes halogenated alkanes) is 16.